The Bertz CT molecular complexity index is 1080. The van der Waals surface area contributed by atoms with E-state index in [4.69, 9.17) is 34.8 Å². The molecular formula is C21H24Cl3N3O4S. The number of amides is 2. The van der Waals surface area contributed by atoms with Gasteiger partial charge in [-0.3, -0.25) is 13.9 Å². The van der Waals surface area contributed by atoms with Crippen molar-refractivity contribution in [2.24, 2.45) is 0 Å². The van der Waals surface area contributed by atoms with Crippen LogP contribution in [0.15, 0.2) is 42.5 Å². The minimum Gasteiger partial charge on any atom is -0.357 e. The summed E-state index contributed by atoms with van der Waals surface area (Å²) in [5.41, 5.74) is 0.931. The number of hydrogen-bond acceptors (Lipinski definition) is 4. The zero-order chi connectivity index (χ0) is 24.1. The monoisotopic (exact) mass is 519 g/mol. The molecule has 0 aliphatic heterocycles. The molecule has 1 N–H and O–H groups in total. The Morgan fingerprint density at radius 3 is 2.16 bits per heavy atom. The van der Waals surface area contributed by atoms with E-state index in [9.17, 15) is 18.0 Å². The first-order valence-electron chi connectivity index (χ1n) is 9.66. The molecule has 2 amide bonds. The number of carbonyl (C=O) groups excluding carboxylic acids is 2. The smallest absolute Gasteiger partial charge is 0.244 e. The van der Waals surface area contributed by atoms with E-state index >= 15 is 0 Å². The molecule has 32 heavy (non-hydrogen) atoms. The first kappa shape index (κ1) is 26.3. The second-order valence-electron chi connectivity index (χ2n) is 7.05. The van der Waals surface area contributed by atoms with Crippen molar-refractivity contribution in [3.8, 4) is 0 Å². The third-order valence-corrected chi connectivity index (χ3v) is 6.90. The van der Waals surface area contributed by atoms with Crippen molar-refractivity contribution in [3.05, 3.63) is 63.1 Å². The number of hydrogen-bond donors (Lipinski definition) is 1. The van der Waals surface area contributed by atoms with Gasteiger partial charge >= 0.3 is 0 Å². The highest BCUT2D eigenvalue weighted by molar-refractivity contribution is 7.92. The van der Waals surface area contributed by atoms with Crippen LogP contribution in [0.5, 0.6) is 0 Å². The van der Waals surface area contributed by atoms with Crippen LogP contribution in [0.2, 0.25) is 15.1 Å². The summed E-state index contributed by atoms with van der Waals surface area (Å²) in [6.45, 7) is 1.36. The molecule has 0 aliphatic carbocycles. The number of benzene rings is 2. The van der Waals surface area contributed by atoms with Gasteiger partial charge in [-0.15, -0.1) is 0 Å². The highest BCUT2D eigenvalue weighted by atomic mass is 35.5. The molecule has 0 aromatic heterocycles. The summed E-state index contributed by atoms with van der Waals surface area (Å²) in [7, 11) is -2.37. The van der Waals surface area contributed by atoms with Crippen molar-refractivity contribution in [1.82, 2.24) is 10.2 Å². The minimum absolute atomic E-state index is 0.0981. The summed E-state index contributed by atoms with van der Waals surface area (Å²) in [6, 6.07) is 10.3. The molecule has 2 aromatic rings. The second kappa shape index (κ2) is 11.2. The van der Waals surface area contributed by atoms with E-state index in [2.05, 4.69) is 5.32 Å². The van der Waals surface area contributed by atoms with Crippen molar-refractivity contribution in [3.63, 3.8) is 0 Å². The molecule has 0 saturated carbocycles. The Kier molecular flexibility index (Phi) is 9.21. The van der Waals surface area contributed by atoms with Gasteiger partial charge in [0.25, 0.3) is 0 Å². The van der Waals surface area contributed by atoms with Gasteiger partial charge in [-0.25, -0.2) is 8.42 Å². The lowest BCUT2D eigenvalue weighted by molar-refractivity contribution is -0.140. The van der Waals surface area contributed by atoms with Crippen LogP contribution in [0.1, 0.15) is 18.9 Å². The van der Waals surface area contributed by atoms with Gasteiger partial charge in [0.1, 0.15) is 12.6 Å². The quantitative estimate of drug-likeness (QED) is 0.542. The Morgan fingerprint density at radius 1 is 1.03 bits per heavy atom. The van der Waals surface area contributed by atoms with Crippen LogP contribution in [-0.4, -0.2) is 51.0 Å². The number of nitrogens with zero attached hydrogens (tertiary/aromatic N) is 2. The van der Waals surface area contributed by atoms with Gasteiger partial charge in [0.15, 0.2) is 0 Å². The molecule has 0 spiro atoms. The van der Waals surface area contributed by atoms with Crippen molar-refractivity contribution < 1.29 is 18.0 Å². The van der Waals surface area contributed by atoms with E-state index in [-0.39, 0.29) is 28.2 Å². The van der Waals surface area contributed by atoms with Crippen LogP contribution in [0, 0.1) is 0 Å². The molecule has 7 nitrogen and oxygen atoms in total. The predicted octanol–water partition coefficient (Wildman–Crippen LogP) is 3.97. The molecule has 174 valence electrons. The number of halogens is 3. The first-order chi connectivity index (χ1) is 15.0. The molecular weight excluding hydrogens is 497 g/mol. The van der Waals surface area contributed by atoms with Gasteiger partial charge in [0, 0.05) is 18.6 Å². The minimum atomic E-state index is -3.85. The molecule has 0 heterocycles. The van der Waals surface area contributed by atoms with Gasteiger partial charge in [0.2, 0.25) is 21.8 Å². The second-order valence-corrected chi connectivity index (χ2v) is 10.2. The van der Waals surface area contributed by atoms with Crippen molar-refractivity contribution >= 4 is 62.3 Å². The molecule has 2 aromatic carbocycles. The van der Waals surface area contributed by atoms with Crippen LogP contribution in [0.25, 0.3) is 0 Å². The Morgan fingerprint density at radius 2 is 1.66 bits per heavy atom. The normalized spacial score (nSPS) is 12.2. The van der Waals surface area contributed by atoms with Crippen LogP contribution >= 0.6 is 34.8 Å². The maximum Gasteiger partial charge on any atom is 0.244 e. The van der Waals surface area contributed by atoms with E-state index in [1.165, 1.54) is 30.1 Å². The lowest BCUT2D eigenvalue weighted by Crippen LogP contribution is -2.51. The summed E-state index contributed by atoms with van der Waals surface area (Å²) in [6.07, 6.45) is 1.33. The summed E-state index contributed by atoms with van der Waals surface area (Å²) in [4.78, 5) is 27.2. The van der Waals surface area contributed by atoms with Crippen LogP contribution in [-0.2, 0) is 26.2 Å². The molecule has 0 bridgehead atoms. The topological polar surface area (TPSA) is 86.8 Å². The van der Waals surface area contributed by atoms with Crippen molar-refractivity contribution in [2.45, 2.75) is 25.9 Å². The Balaban J connectivity index is 2.43. The number of carbonyl (C=O) groups is 2. The number of rotatable bonds is 9. The van der Waals surface area contributed by atoms with Gasteiger partial charge in [-0.2, -0.15) is 0 Å². The first-order valence-corrected chi connectivity index (χ1v) is 12.6. The van der Waals surface area contributed by atoms with E-state index < -0.39 is 28.5 Å². The molecule has 1 unspecified atom stereocenters. The van der Waals surface area contributed by atoms with Crippen molar-refractivity contribution in [1.29, 1.82) is 0 Å². The van der Waals surface area contributed by atoms with E-state index in [1.54, 1.807) is 31.2 Å². The third kappa shape index (κ3) is 6.75. The number of likely N-dealkylation sites (N-methyl/N-ethyl adjacent to an activating group) is 1. The SMILES string of the molecule is CCC(C(=O)NC)N(Cc1ccc(Cl)cc1)C(=O)CN(c1ccc(Cl)c(Cl)c1)S(C)(=O)=O. The van der Waals surface area contributed by atoms with Gasteiger partial charge in [-0.05, 0) is 42.3 Å². The largest absolute Gasteiger partial charge is 0.357 e. The summed E-state index contributed by atoms with van der Waals surface area (Å²) >= 11 is 17.9. The average molecular weight is 521 g/mol. The fourth-order valence-corrected chi connectivity index (χ4v) is 4.39. The molecule has 2 rings (SSSR count). The van der Waals surface area contributed by atoms with Gasteiger partial charge < -0.3 is 10.2 Å². The predicted molar refractivity (Wildman–Crippen MR) is 129 cm³/mol. The maximum atomic E-state index is 13.4. The molecule has 0 aliphatic rings. The fraction of sp³-hybridized carbons (Fsp3) is 0.333. The van der Waals surface area contributed by atoms with Crippen LogP contribution in [0.3, 0.4) is 0 Å². The summed E-state index contributed by atoms with van der Waals surface area (Å²) in [5.74, 6) is -0.901. The average Bonchev–Trinajstić information content (AvgIpc) is 2.74. The van der Waals surface area contributed by atoms with Crippen molar-refractivity contribution in [2.75, 3.05) is 24.2 Å². The number of nitrogens with one attached hydrogen (secondary N) is 1. The summed E-state index contributed by atoms with van der Waals surface area (Å²) < 4.78 is 25.9. The Labute approximate surface area is 203 Å². The molecule has 1 atom stereocenters. The lowest BCUT2D eigenvalue weighted by atomic mass is 10.1. The molecule has 0 saturated heterocycles. The third-order valence-electron chi connectivity index (χ3n) is 4.77. The standard InChI is InChI=1S/C21H24Cl3N3O4S/c1-4-19(21(29)25-2)26(12-14-5-7-15(22)8-6-14)20(28)13-27(32(3,30)31)16-9-10-17(23)18(24)11-16/h5-11,19H,4,12-13H2,1-3H3,(H,25,29). The molecule has 11 heteroatoms. The van der Waals surface area contributed by atoms with Crippen LogP contribution < -0.4 is 9.62 Å². The van der Waals surface area contributed by atoms with E-state index in [1.807, 2.05) is 0 Å². The highest BCUT2D eigenvalue weighted by Crippen LogP contribution is 2.28. The van der Waals surface area contributed by atoms with E-state index in [0.29, 0.717) is 11.4 Å². The zero-order valence-electron chi connectivity index (χ0n) is 17.8. The fourth-order valence-electron chi connectivity index (χ4n) is 3.13. The lowest BCUT2D eigenvalue weighted by Gasteiger charge is -2.32. The van der Waals surface area contributed by atoms with Crippen LogP contribution in [0.4, 0.5) is 5.69 Å². The Hall–Kier alpha value is -2.00. The maximum absolute atomic E-state index is 13.4. The van der Waals surface area contributed by atoms with Gasteiger partial charge in [0.05, 0.1) is 22.0 Å². The number of sulfonamides is 1. The van der Waals surface area contributed by atoms with Gasteiger partial charge in [-0.1, -0.05) is 53.9 Å². The zero-order valence-corrected chi connectivity index (χ0v) is 20.9. The summed E-state index contributed by atoms with van der Waals surface area (Å²) in [5, 5.41) is 3.50. The molecule has 0 fully saturated rings. The highest BCUT2D eigenvalue weighted by Gasteiger charge is 2.31. The molecule has 0 radical (unpaired) electrons. The van der Waals surface area contributed by atoms with E-state index in [0.717, 1.165) is 16.1 Å². The number of anilines is 1.